The minimum absolute atomic E-state index is 0.0745. The average molecular weight is 614 g/mol. The van der Waals surface area contributed by atoms with Gasteiger partial charge in [-0.3, -0.25) is 0 Å². The maximum absolute atomic E-state index is 2.41. The van der Waals surface area contributed by atoms with E-state index in [0.29, 0.717) is 0 Å². The summed E-state index contributed by atoms with van der Waals surface area (Å²) in [6, 6.07) is 64.4. The van der Waals surface area contributed by atoms with Gasteiger partial charge in [0.2, 0.25) is 0 Å². The molecule has 0 fully saturated rings. The summed E-state index contributed by atoms with van der Waals surface area (Å²) in [6.07, 6.45) is 0. The summed E-state index contributed by atoms with van der Waals surface area (Å²) in [5, 5.41) is 5.12. The van der Waals surface area contributed by atoms with E-state index in [0.717, 1.165) is 17.1 Å². The van der Waals surface area contributed by atoms with Gasteiger partial charge in [0.1, 0.15) is 0 Å². The van der Waals surface area contributed by atoms with Crippen molar-refractivity contribution >= 4 is 38.6 Å². The number of benzene rings is 8. The minimum Gasteiger partial charge on any atom is -0.310 e. The second-order valence-electron chi connectivity index (χ2n) is 13.4. The van der Waals surface area contributed by atoms with Crippen molar-refractivity contribution in [3.05, 3.63) is 187 Å². The Kier molecular flexibility index (Phi) is 6.55. The van der Waals surface area contributed by atoms with Crippen molar-refractivity contribution in [2.75, 3.05) is 4.90 Å². The summed E-state index contributed by atoms with van der Waals surface area (Å²) in [5.41, 5.74) is 13.6. The first-order chi connectivity index (χ1) is 23.5. The van der Waals surface area contributed by atoms with Gasteiger partial charge in [0, 0.05) is 22.5 Å². The minimum atomic E-state index is -0.0745. The summed E-state index contributed by atoms with van der Waals surface area (Å²) in [7, 11) is 0. The first kappa shape index (κ1) is 28.3. The Morgan fingerprint density at radius 2 is 0.875 bits per heavy atom. The highest BCUT2D eigenvalue weighted by atomic mass is 15.1. The van der Waals surface area contributed by atoms with Crippen LogP contribution < -0.4 is 4.90 Å². The van der Waals surface area contributed by atoms with E-state index in [1.165, 1.54) is 66.1 Å². The molecule has 1 aliphatic carbocycles. The second kappa shape index (κ2) is 11.1. The summed E-state index contributed by atoms with van der Waals surface area (Å²) in [4.78, 5) is 2.39. The van der Waals surface area contributed by atoms with Crippen LogP contribution in [0.4, 0.5) is 17.1 Å². The van der Waals surface area contributed by atoms with Gasteiger partial charge in [-0.2, -0.15) is 0 Å². The van der Waals surface area contributed by atoms with Crippen LogP contribution in [0.1, 0.15) is 25.0 Å². The van der Waals surface area contributed by atoms with Crippen LogP contribution in [0.15, 0.2) is 176 Å². The molecule has 0 aromatic heterocycles. The van der Waals surface area contributed by atoms with E-state index < -0.39 is 0 Å². The van der Waals surface area contributed by atoms with Gasteiger partial charge in [-0.05, 0) is 109 Å². The lowest BCUT2D eigenvalue weighted by Gasteiger charge is -2.28. The fraction of sp³-hybridized carbons (Fsp3) is 0.0638. The number of hydrogen-bond donors (Lipinski definition) is 0. The number of anilines is 3. The number of nitrogens with zero attached hydrogens (tertiary/aromatic N) is 1. The maximum Gasteiger partial charge on any atom is 0.0465 e. The molecule has 0 saturated heterocycles. The van der Waals surface area contributed by atoms with E-state index in [4.69, 9.17) is 0 Å². The van der Waals surface area contributed by atoms with Crippen LogP contribution in [0.25, 0.3) is 54.9 Å². The number of fused-ring (bicyclic) bond motifs is 6. The van der Waals surface area contributed by atoms with Gasteiger partial charge in [0.15, 0.2) is 0 Å². The van der Waals surface area contributed by atoms with Crippen LogP contribution in [0, 0.1) is 0 Å². The molecule has 1 nitrogen and oxygen atoms in total. The molecule has 228 valence electrons. The maximum atomic E-state index is 2.41. The molecule has 0 saturated carbocycles. The fourth-order valence-electron chi connectivity index (χ4n) is 7.70. The Bertz CT molecular complexity index is 2450. The lowest BCUT2D eigenvalue weighted by atomic mass is 9.82. The van der Waals surface area contributed by atoms with Crippen molar-refractivity contribution in [1.29, 1.82) is 0 Å². The molecule has 0 bridgehead atoms. The third kappa shape index (κ3) is 4.62. The first-order valence-electron chi connectivity index (χ1n) is 16.8. The first-order valence-corrected chi connectivity index (χ1v) is 16.8. The quantitative estimate of drug-likeness (QED) is 0.175. The van der Waals surface area contributed by atoms with Crippen LogP contribution in [-0.4, -0.2) is 0 Å². The molecule has 0 unspecified atom stereocenters. The lowest BCUT2D eigenvalue weighted by molar-refractivity contribution is 0.660. The molecule has 48 heavy (non-hydrogen) atoms. The van der Waals surface area contributed by atoms with E-state index in [2.05, 4.69) is 195 Å². The van der Waals surface area contributed by atoms with Gasteiger partial charge in [0.25, 0.3) is 0 Å². The molecule has 0 heterocycles. The van der Waals surface area contributed by atoms with Crippen molar-refractivity contribution in [2.45, 2.75) is 19.3 Å². The Hall–Kier alpha value is -5.92. The van der Waals surface area contributed by atoms with Gasteiger partial charge in [-0.25, -0.2) is 0 Å². The van der Waals surface area contributed by atoms with Crippen LogP contribution >= 0.6 is 0 Å². The molecule has 1 aliphatic rings. The number of hydrogen-bond acceptors (Lipinski definition) is 1. The molecule has 0 amide bonds. The zero-order valence-electron chi connectivity index (χ0n) is 27.2. The molecule has 0 aliphatic heterocycles. The largest absolute Gasteiger partial charge is 0.310 e. The van der Waals surface area contributed by atoms with Crippen molar-refractivity contribution in [2.24, 2.45) is 0 Å². The molecular weight excluding hydrogens is 579 g/mol. The van der Waals surface area contributed by atoms with E-state index in [1.807, 2.05) is 0 Å². The molecular formula is C47H35N. The Morgan fingerprint density at radius 1 is 0.354 bits per heavy atom. The molecule has 0 spiro atoms. The van der Waals surface area contributed by atoms with Gasteiger partial charge in [0.05, 0.1) is 0 Å². The highest BCUT2D eigenvalue weighted by Crippen LogP contribution is 2.50. The van der Waals surface area contributed by atoms with Crippen LogP contribution in [0.5, 0.6) is 0 Å². The van der Waals surface area contributed by atoms with E-state index in [-0.39, 0.29) is 5.41 Å². The Labute approximate surface area is 282 Å². The van der Waals surface area contributed by atoms with Crippen LogP contribution in [0.2, 0.25) is 0 Å². The van der Waals surface area contributed by atoms with Crippen molar-refractivity contribution in [1.82, 2.24) is 0 Å². The van der Waals surface area contributed by atoms with Crippen molar-refractivity contribution in [3.63, 3.8) is 0 Å². The molecule has 8 aromatic rings. The van der Waals surface area contributed by atoms with Gasteiger partial charge in [-0.15, -0.1) is 0 Å². The van der Waals surface area contributed by atoms with E-state index in [1.54, 1.807) is 0 Å². The predicted octanol–water partition coefficient (Wildman–Crippen LogP) is 13.1. The topological polar surface area (TPSA) is 3.24 Å². The third-order valence-electron chi connectivity index (χ3n) is 10.3. The molecule has 0 radical (unpaired) electrons. The normalized spacial score (nSPS) is 13.0. The summed E-state index contributed by atoms with van der Waals surface area (Å²) in [6.45, 7) is 4.70. The van der Waals surface area contributed by atoms with Crippen molar-refractivity contribution in [3.8, 4) is 33.4 Å². The lowest BCUT2D eigenvalue weighted by Crippen LogP contribution is -2.16. The van der Waals surface area contributed by atoms with Crippen LogP contribution in [-0.2, 0) is 5.41 Å². The predicted molar refractivity (Wildman–Crippen MR) is 205 cm³/mol. The zero-order valence-corrected chi connectivity index (χ0v) is 27.2. The monoisotopic (exact) mass is 613 g/mol. The van der Waals surface area contributed by atoms with Gasteiger partial charge < -0.3 is 4.90 Å². The summed E-state index contributed by atoms with van der Waals surface area (Å²) < 4.78 is 0. The van der Waals surface area contributed by atoms with Crippen LogP contribution in [0.3, 0.4) is 0 Å². The molecule has 8 aromatic carbocycles. The average Bonchev–Trinajstić information content (AvgIpc) is 3.38. The molecule has 0 N–H and O–H groups in total. The fourth-order valence-corrected chi connectivity index (χ4v) is 7.70. The van der Waals surface area contributed by atoms with Gasteiger partial charge in [-0.1, -0.05) is 147 Å². The Balaban J connectivity index is 1.14. The molecule has 0 atom stereocenters. The van der Waals surface area contributed by atoms with Crippen molar-refractivity contribution < 1.29 is 0 Å². The van der Waals surface area contributed by atoms with Gasteiger partial charge >= 0.3 is 0 Å². The molecule has 9 rings (SSSR count). The van der Waals surface area contributed by atoms with E-state index >= 15 is 0 Å². The molecule has 1 heteroatoms. The second-order valence-corrected chi connectivity index (χ2v) is 13.4. The summed E-state index contributed by atoms with van der Waals surface area (Å²) in [5.74, 6) is 0. The van der Waals surface area contributed by atoms with E-state index in [9.17, 15) is 0 Å². The summed E-state index contributed by atoms with van der Waals surface area (Å²) >= 11 is 0. The highest BCUT2D eigenvalue weighted by Gasteiger charge is 2.35. The number of rotatable bonds is 5. The zero-order chi connectivity index (χ0) is 32.2. The Morgan fingerprint density at radius 3 is 1.62 bits per heavy atom. The third-order valence-corrected chi connectivity index (χ3v) is 10.3. The SMILES string of the molecule is CC1(C)c2ccccc2-c2ccc(N(c3ccc(-c4ccccc4)cc3)c3ccc(-c4ccc5ccc6ccccc6c5c4)cc3)cc21. The standard InChI is InChI=1S/C47H35N/c1-47(2)45-15-9-8-14-42(45)43-29-28-40(31-46(43)47)48(38-24-20-33(21-25-38)32-10-4-3-5-11-32)39-26-22-34(23-27-39)37-19-18-36-17-16-35-12-6-7-13-41(35)44(36)30-37/h3-31H,1-2H3. The highest BCUT2D eigenvalue weighted by molar-refractivity contribution is 6.08. The smallest absolute Gasteiger partial charge is 0.0465 e.